The predicted octanol–water partition coefficient (Wildman–Crippen LogP) is 4.93. The number of carbonyl (C=O) groups excluding carboxylic acids is 1. The van der Waals surface area contributed by atoms with Gasteiger partial charge in [0.2, 0.25) is 5.91 Å². The van der Waals surface area contributed by atoms with Gasteiger partial charge in [0.1, 0.15) is 5.75 Å². The van der Waals surface area contributed by atoms with E-state index in [9.17, 15) is 14.9 Å². The fraction of sp³-hybridized carbons (Fsp3) is 0.318. The second-order valence-corrected chi connectivity index (χ2v) is 7.02. The lowest BCUT2D eigenvalue weighted by Crippen LogP contribution is -2.25. The van der Waals surface area contributed by atoms with Crippen molar-refractivity contribution in [2.24, 2.45) is 0 Å². The molecule has 6 nitrogen and oxygen atoms in total. The summed E-state index contributed by atoms with van der Waals surface area (Å²) in [7, 11) is 1.66. The number of nitrogens with one attached hydrogen (secondary N) is 1. The second kappa shape index (κ2) is 9.17. The van der Waals surface area contributed by atoms with E-state index in [0.29, 0.717) is 11.5 Å². The van der Waals surface area contributed by atoms with Crippen LogP contribution < -0.4 is 10.1 Å². The van der Waals surface area contributed by atoms with E-state index in [0.717, 1.165) is 22.4 Å². The number of benzene rings is 2. The molecule has 1 N–H and O–H groups in total. The molecule has 2 aromatic carbocycles. The molecule has 2 rings (SSSR count). The minimum Gasteiger partial charge on any atom is -0.496 e. The number of non-ortho nitro benzene ring substituents is 1. The molecule has 148 valence electrons. The van der Waals surface area contributed by atoms with E-state index in [1.807, 2.05) is 19.9 Å². The Morgan fingerprint density at radius 1 is 1.18 bits per heavy atom. The Hall–Kier alpha value is -3.15. The van der Waals surface area contributed by atoms with Crippen LogP contribution in [0.15, 0.2) is 42.5 Å². The zero-order valence-electron chi connectivity index (χ0n) is 16.9. The van der Waals surface area contributed by atoms with E-state index in [1.165, 1.54) is 18.2 Å². The standard InChI is InChI=1S/C22H26N2O4/c1-14(2)19-13-20(15(3)11-21(19)28-5)16(4)23-22(25)10-9-17-7-6-8-18(12-17)24(26)27/h6-14,16H,1-5H3,(H,23,25)/b10-9+/t16-/m0/s1. The molecule has 0 aliphatic rings. The summed E-state index contributed by atoms with van der Waals surface area (Å²) in [6.45, 7) is 8.12. The van der Waals surface area contributed by atoms with Gasteiger partial charge in [-0.25, -0.2) is 0 Å². The first-order chi connectivity index (χ1) is 13.2. The molecule has 0 aliphatic carbocycles. The summed E-state index contributed by atoms with van der Waals surface area (Å²) in [5, 5.41) is 13.8. The summed E-state index contributed by atoms with van der Waals surface area (Å²) in [5.41, 5.74) is 3.75. The maximum atomic E-state index is 12.3. The number of rotatable bonds is 7. The molecule has 0 fully saturated rings. The Kier molecular flexibility index (Phi) is 6.93. The molecule has 0 saturated carbocycles. The average molecular weight is 382 g/mol. The monoisotopic (exact) mass is 382 g/mol. The number of amides is 1. The molecule has 0 spiro atoms. The number of aryl methyl sites for hydroxylation is 1. The molecule has 0 saturated heterocycles. The largest absolute Gasteiger partial charge is 0.496 e. The molecular formula is C22H26N2O4. The lowest BCUT2D eigenvalue weighted by Gasteiger charge is -2.20. The number of nitrogens with zero attached hydrogens (tertiary/aromatic N) is 1. The molecule has 0 aliphatic heterocycles. The zero-order chi connectivity index (χ0) is 20.8. The van der Waals surface area contributed by atoms with Crippen molar-refractivity contribution in [3.05, 3.63) is 74.8 Å². The van der Waals surface area contributed by atoms with Crippen molar-refractivity contribution >= 4 is 17.7 Å². The van der Waals surface area contributed by atoms with Gasteiger partial charge < -0.3 is 10.1 Å². The zero-order valence-corrected chi connectivity index (χ0v) is 16.9. The van der Waals surface area contributed by atoms with Crippen LogP contribution in [-0.4, -0.2) is 17.9 Å². The molecule has 0 bridgehead atoms. The SMILES string of the molecule is COc1cc(C)c([C@H](C)NC(=O)/C=C/c2cccc([N+](=O)[O-])c2)cc1C(C)C. The maximum absolute atomic E-state index is 12.3. The topological polar surface area (TPSA) is 81.5 Å². The number of hydrogen-bond donors (Lipinski definition) is 1. The van der Waals surface area contributed by atoms with Gasteiger partial charge in [0.05, 0.1) is 18.1 Å². The molecule has 2 aromatic rings. The Balaban J connectivity index is 2.15. The first-order valence-corrected chi connectivity index (χ1v) is 9.14. The summed E-state index contributed by atoms with van der Waals surface area (Å²) in [6.07, 6.45) is 2.95. The Bertz CT molecular complexity index is 903. The minimum atomic E-state index is -0.460. The first-order valence-electron chi connectivity index (χ1n) is 9.14. The van der Waals surface area contributed by atoms with E-state index >= 15 is 0 Å². The highest BCUT2D eigenvalue weighted by Gasteiger charge is 2.16. The van der Waals surface area contributed by atoms with Crippen LogP contribution in [0.4, 0.5) is 5.69 Å². The fourth-order valence-corrected chi connectivity index (χ4v) is 3.06. The van der Waals surface area contributed by atoms with Crippen LogP contribution in [0.1, 0.15) is 55.0 Å². The quantitative estimate of drug-likeness (QED) is 0.418. The van der Waals surface area contributed by atoms with Crippen LogP contribution in [0.2, 0.25) is 0 Å². The van der Waals surface area contributed by atoms with Crippen molar-refractivity contribution in [3.63, 3.8) is 0 Å². The molecule has 1 atom stereocenters. The van der Waals surface area contributed by atoms with Crippen LogP contribution in [-0.2, 0) is 4.79 Å². The summed E-state index contributed by atoms with van der Waals surface area (Å²) < 4.78 is 5.47. The van der Waals surface area contributed by atoms with Crippen LogP contribution in [0.5, 0.6) is 5.75 Å². The first kappa shape index (κ1) is 21.2. The highest BCUT2D eigenvalue weighted by atomic mass is 16.6. The number of methoxy groups -OCH3 is 1. The van der Waals surface area contributed by atoms with Gasteiger partial charge in [-0.3, -0.25) is 14.9 Å². The molecule has 0 unspecified atom stereocenters. The van der Waals surface area contributed by atoms with Gasteiger partial charge in [0.15, 0.2) is 0 Å². The van der Waals surface area contributed by atoms with Crippen molar-refractivity contribution in [1.29, 1.82) is 0 Å². The molecule has 0 radical (unpaired) electrons. The summed E-state index contributed by atoms with van der Waals surface area (Å²) in [4.78, 5) is 22.7. The highest BCUT2D eigenvalue weighted by Crippen LogP contribution is 2.32. The number of nitro benzene ring substituents is 1. The molecule has 1 amide bonds. The third kappa shape index (κ3) is 5.19. The van der Waals surface area contributed by atoms with Gasteiger partial charge in [0.25, 0.3) is 5.69 Å². The number of hydrogen-bond acceptors (Lipinski definition) is 4. The van der Waals surface area contributed by atoms with Crippen molar-refractivity contribution in [3.8, 4) is 5.75 Å². The lowest BCUT2D eigenvalue weighted by molar-refractivity contribution is -0.384. The van der Waals surface area contributed by atoms with Crippen LogP contribution >= 0.6 is 0 Å². The molecule has 6 heteroatoms. The maximum Gasteiger partial charge on any atom is 0.270 e. The van der Waals surface area contributed by atoms with E-state index in [2.05, 4.69) is 25.2 Å². The lowest BCUT2D eigenvalue weighted by atomic mass is 9.93. The number of nitro groups is 1. The molecular weight excluding hydrogens is 356 g/mol. The van der Waals surface area contributed by atoms with Gasteiger partial charge in [-0.2, -0.15) is 0 Å². The van der Waals surface area contributed by atoms with E-state index in [1.54, 1.807) is 25.3 Å². The average Bonchev–Trinajstić information content (AvgIpc) is 2.65. The van der Waals surface area contributed by atoms with Crippen LogP contribution in [0.3, 0.4) is 0 Å². The van der Waals surface area contributed by atoms with Crippen molar-refractivity contribution in [1.82, 2.24) is 5.32 Å². The number of carbonyl (C=O) groups is 1. The van der Waals surface area contributed by atoms with Crippen molar-refractivity contribution in [2.45, 2.75) is 39.7 Å². The Labute approximate surface area is 165 Å². The fourth-order valence-electron chi connectivity index (χ4n) is 3.06. The smallest absolute Gasteiger partial charge is 0.270 e. The third-order valence-electron chi connectivity index (χ3n) is 4.57. The van der Waals surface area contributed by atoms with Gasteiger partial charge >= 0.3 is 0 Å². The second-order valence-electron chi connectivity index (χ2n) is 7.02. The molecule has 0 aromatic heterocycles. The van der Waals surface area contributed by atoms with Gasteiger partial charge in [-0.1, -0.05) is 26.0 Å². The summed E-state index contributed by atoms with van der Waals surface area (Å²) in [6, 6.07) is 10.0. The van der Waals surface area contributed by atoms with Gasteiger partial charge in [-0.15, -0.1) is 0 Å². The van der Waals surface area contributed by atoms with E-state index in [-0.39, 0.29) is 17.6 Å². The molecule has 0 heterocycles. The van der Waals surface area contributed by atoms with Gasteiger partial charge in [-0.05, 0) is 60.2 Å². The van der Waals surface area contributed by atoms with Gasteiger partial charge in [0, 0.05) is 18.2 Å². The van der Waals surface area contributed by atoms with E-state index < -0.39 is 4.92 Å². The van der Waals surface area contributed by atoms with E-state index in [4.69, 9.17) is 4.74 Å². The summed E-state index contributed by atoms with van der Waals surface area (Å²) >= 11 is 0. The Morgan fingerprint density at radius 3 is 2.50 bits per heavy atom. The van der Waals surface area contributed by atoms with Crippen LogP contribution in [0, 0.1) is 17.0 Å². The van der Waals surface area contributed by atoms with Crippen LogP contribution in [0.25, 0.3) is 6.08 Å². The van der Waals surface area contributed by atoms with Crippen molar-refractivity contribution in [2.75, 3.05) is 7.11 Å². The Morgan fingerprint density at radius 2 is 1.89 bits per heavy atom. The number of ether oxygens (including phenoxy) is 1. The minimum absolute atomic E-state index is 0.00833. The highest BCUT2D eigenvalue weighted by molar-refractivity contribution is 5.92. The predicted molar refractivity (Wildman–Crippen MR) is 111 cm³/mol. The molecule has 28 heavy (non-hydrogen) atoms. The normalized spacial score (nSPS) is 12.2. The summed E-state index contributed by atoms with van der Waals surface area (Å²) in [5.74, 6) is 0.881. The third-order valence-corrected chi connectivity index (χ3v) is 4.57. The van der Waals surface area contributed by atoms with Crippen molar-refractivity contribution < 1.29 is 14.5 Å².